The highest BCUT2D eigenvalue weighted by molar-refractivity contribution is 5.79. The molecule has 3 nitrogen and oxygen atoms in total. The van der Waals surface area contributed by atoms with Crippen molar-refractivity contribution in [2.24, 2.45) is 5.73 Å². The molecule has 2 N–H and O–H groups in total. The molecule has 0 saturated carbocycles. The number of amides is 1. The molecule has 0 bridgehead atoms. The predicted octanol–water partition coefficient (Wildman–Crippen LogP) is 3.10. The lowest BCUT2D eigenvalue weighted by Gasteiger charge is -2.28. The fraction of sp³-hybridized carbons (Fsp3) is 0.278. The predicted molar refractivity (Wildman–Crippen MR) is 82.8 cm³/mol. The lowest BCUT2D eigenvalue weighted by atomic mass is 9.87. The summed E-state index contributed by atoms with van der Waals surface area (Å²) in [6, 6.07) is 18.9. The van der Waals surface area contributed by atoms with Crippen LogP contribution in [0.4, 0.5) is 0 Å². The Hall–Kier alpha value is -2.13. The summed E-state index contributed by atoms with van der Waals surface area (Å²) in [5, 5.41) is 0. The van der Waals surface area contributed by atoms with Crippen molar-refractivity contribution in [3.8, 4) is 11.1 Å². The van der Waals surface area contributed by atoms with Crippen molar-refractivity contribution in [2.75, 3.05) is 6.61 Å². The van der Waals surface area contributed by atoms with Crippen LogP contribution in [0.1, 0.15) is 24.3 Å². The first-order valence-corrected chi connectivity index (χ1v) is 7.30. The molecule has 0 spiro atoms. The number of carbonyl (C=O) groups is 1. The highest BCUT2D eigenvalue weighted by Crippen LogP contribution is 2.31. The molecule has 3 heteroatoms. The van der Waals surface area contributed by atoms with E-state index in [4.69, 9.17) is 10.5 Å². The number of primary amides is 1. The van der Waals surface area contributed by atoms with Crippen molar-refractivity contribution in [3.05, 3.63) is 60.2 Å². The van der Waals surface area contributed by atoms with E-state index in [9.17, 15) is 4.79 Å². The van der Waals surface area contributed by atoms with E-state index < -0.39 is 6.10 Å². The maximum Gasteiger partial charge on any atom is 0.246 e. The second-order valence-electron chi connectivity index (χ2n) is 5.47. The molecule has 0 radical (unpaired) electrons. The van der Waals surface area contributed by atoms with Gasteiger partial charge in [-0.15, -0.1) is 0 Å². The van der Waals surface area contributed by atoms with Crippen LogP contribution in [0.15, 0.2) is 54.6 Å². The van der Waals surface area contributed by atoms with E-state index in [1.807, 2.05) is 18.2 Å². The number of nitrogens with two attached hydrogens (primary N) is 1. The molecule has 0 aliphatic carbocycles. The van der Waals surface area contributed by atoms with Crippen LogP contribution in [0.2, 0.25) is 0 Å². The van der Waals surface area contributed by atoms with Gasteiger partial charge in [-0.05, 0) is 35.4 Å². The maximum atomic E-state index is 11.3. The number of carbonyl (C=O) groups excluding carboxylic acids is 1. The van der Waals surface area contributed by atoms with E-state index in [0.29, 0.717) is 18.9 Å². The highest BCUT2D eigenvalue weighted by Gasteiger charge is 2.27. The third kappa shape index (κ3) is 3.14. The molecule has 1 saturated heterocycles. The normalized spacial score (nSPS) is 21.9. The van der Waals surface area contributed by atoms with Gasteiger partial charge in [0.2, 0.25) is 5.91 Å². The quantitative estimate of drug-likeness (QED) is 0.940. The summed E-state index contributed by atoms with van der Waals surface area (Å²) in [5.41, 5.74) is 9.02. The summed E-state index contributed by atoms with van der Waals surface area (Å²) in [7, 11) is 0. The number of hydrogen-bond acceptors (Lipinski definition) is 2. The SMILES string of the molecule is NC(=O)[C@H]1C[C@H](c2ccc(-c3ccccc3)cc2)CCO1. The van der Waals surface area contributed by atoms with Gasteiger partial charge in [0, 0.05) is 6.61 Å². The van der Waals surface area contributed by atoms with Gasteiger partial charge in [0.1, 0.15) is 6.10 Å². The van der Waals surface area contributed by atoms with Gasteiger partial charge in [-0.1, -0.05) is 54.6 Å². The molecule has 1 aliphatic heterocycles. The first-order valence-electron chi connectivity index (χ1n) is 7.30. The number of ether oxygens (including phenoxy) is 1. The molecule has 0 aromatic heterocycles. The Morgan fingerprint density at radius 1 is 1.00 bits per heavy atom. The molecule has 0 unspecified atom stereocenters. The molecule has 2 atom stereocenters. The molecule has 2 aromatic carbocycles. The largest absolute Gasteiger partial charge is 0.368 e. The second kappa shape index (κ2) is 6.10. The average molecular weight is 281 g/mol. The van der Waals surface area contributed by atoms with Crippen LogP contribution in [-0.2, 0) is 9.53 Å². The van der Waals surface area contributed by atoms with E-state index in [1.165, 1.54) is 16.7 Å². The van der Waals surface area contributed by atoms with Crippen molar-refractivity contribution in [3.63, 3.8) is 0 Å². The van der Waals surface area contributed by atoms with Gasteiger partial charge in [0.15, 0.2) is 0 Å². The van der Waals surface area contributed by atoms with Gasteiger partial charge in [-0.2, -0.15) is 0 Å². The molecule has 21 heavy (non-hydrogen) atoms. The molecule has 1 amide bonds. The summed E-state index contributed by atoms with van der Waals surface area (Å²) >= 11 is 0. The van der Waals surface area contributed by atoms with Crippen LogP contribution in [0.3, 0.4) is 0 Å². The zero-order chi connectivity index (χ0) is 14.7. The van der Waals surface area contributed by atoms with E-state index in [0.717, 1.165) is 6.42 Å². The second-order valence-corrected chi connectivity index (χ2v) is 5.47. The van der Waals surface area contributed by atoms with E-state index >= 15 is 0 Å². The van der Waals surface area contributed by atoms with Crippen LogP contribution in [-0.4, -0.2) is 18.6 Å². The van der Waals surface area contributed by atoms with Gasteiger partial charge < -0.3 is 10.5 Å². The highest BCUT2D eigenvalue weighted by atomic mass is 16.5. The zero-order valence-corrected chi connectivity index (χ0v) is 11.9. The van der Waals surface area contributed by atoms with Gasteiger partial charge in [-0.25, -0.2) is 0 Å². The number of benzene rings is 2. The smallest absolute Gasteiger partial charge is 0.246 e. The zero-order valence-electron chi connectivity index (χ0n) is 11.9. The van der Waals surface area contributed by atoms with Crippen molar-refractivity contribution in [1.82, 2.24) is 0 Å². The molecule has 1 aliphatic rings. The van der Waals surface area contributed by atoms with Crippen LogP contribution in [0.5, 0.6) is 0 Å². The molecule has 108 valence electrons. The first-order chi connectivity index (χ1) is 10.2. The minimum Gasteiger partial charge on any atom is -0.368 e. The van der Waals surface area contributed by atoms with Gasteiger partial charge in [0.25, 0.3) is 0 Å². The van der Waals surface area contributed by atoms with Crippen molar-refractivity contribution < 1.29 is 9.53 Å². The molecule has 1 fully saturated rings. The Kier molecular flexibility index (Phi) is 4.02. The van der Waals surface area contributed by atoms with Crippen molar-refractivity contribution in [1.29, 1.82) is 0 Å². The Labute approximate surface area is 124 Å². The minimum atomic E-state index is -0.447. The summed E-state index contributed by atoms with van der Waals surface area (Å²) < 4.78 is 5.41. The molecular formula is C18H19NO2. The molecule has 2 aromatic rings. The first kappa shape index (κ1) is 13.8. The summed E-state index contributed by atoms with van der Waals surface area (Å²) in [6.07, 6.45) is 1.17. The van der Waals surface area contributed by atoms with Crippen LogP contribution in [0, 0.1) is 0 Å². The maximum absolute atomic E-state index is 11.3. The fourth-order valence-electron chi connectivity index (χ4n) is 2.88. The standard InChI is InChI=1S/C18H19NO2/c19-18(20)17-12-16(10-11-21-17)15-8-6-14(7-9-15)13-4-2-1-3-5-13/h1-9,16-17H,10-12H2,(H2,19,20)/t16-,17-/m1/s1. The third-order valence-electron chi connectivity index (χ3n) is 4.09. The van der Waals surface area contributed by atoms with Gasteiger partial charge in [-0.3, -0.25) is 4.79 Å². The van der Waals surface area contributed by atoms with Crippen LogP contribution in [0.25, 0.3) is 11.1 Å². The van der Waals surface area contributed by atoms with Crippen molar-refractivity contribution >= 4 is 5.91 Å². The van der Waals surface area contributed by atoms with E-state index in [-0.39, 0.29) is 5.91 Å². The summed E-state index contributed by atoms with van der Waals surface area (Å²) in [4.78, 5) is 11.3. The van der Waals surface area contributed by atoms with Crippen LogP contribution >= 0.6 is 0 Å². The Morgan fingerprint density at radius 2 is 1.67 bits per heavy atom. The van der Waals surface area contributed by atoms with Crippen molar-refractivity contribution in [2.45, 2.75) is 24.9 Å². The average Bonchev–Trinajstić information content (AvgIpc) is 2.56. The minimum absolute atomic E-state index is 0.348. The third-order valence-corrected chi connectivity index (χ3v) is 4.09. The summed E-state index contributed by atoms with van der Waals surface area (Å²) in [6.45, 7) is 0.596. The van der Waals surface area contributed by atoms with Gasteiger partial charge >= 0.3 is 0 Å². The monoisotopic (exact) mass is 281 g/mol. The lowest BCUT2D eigenvalue weighted by molar-refractivity contribution is -0.132. The van der Waals surface area contributed by atoms with Crippen LogP contribution < -0.4 is 5.73 Å². The number of rotatable bonds is 3. The molecule has 1 heterocycles. The number of hydrogen-bond donors (Lipinski definition) is 1. The van der Waals surface area contributed by atoms with Gasteiger partial charge in [0.05, 0.1) is 0 Å². The van der Waals surface area contributed by atoms with E-state index in [2.05, 4.69) is 36.4 Å². The summed E-state index contributed by atoms with van der Waals surface area (Å²) in [5.74, 6) is -0.0123. The molecule has 3 rings (SSSR count). The lowest BCUT2D eigenvalue weighted by Crippen LogP contribution is -2.36. The Morgan fingerprint density at radius 3 is 2.33 bits per heavy atom. The fourth-order valence-corrected chi connectivity index (χ4v) is 2.88. The Bertz CT molecular complexity index is 607. The molecular weight excluding hydrogens is 262 g/mol. The Balaban J connectivity index is 1.76. The topological polar surface area (TPSA) is 52.3 Å². The van der Waals surface area contributed by atoms with E-state index in [1.54, 1.807) is 0 Å².